The number of nitrogens with one attached hydrogen (secondary N) is 1. The second kappa shape index (κ2) is 5.18. The summed E-state index contributed by atoms with van der Waals surface area (Å²) >= 11 is 1.64. The Hall–Kier alpha value is -1.26. The molecule has 0 atom stereocenters. The fraction of sp³-hybridized carbons (Fsp3) is 0.333. The third-order valence-corrected chi connectivity index (χ3v) is 3.04. The maximum absolute atomic E-state index is 4.55. The van der Waals surface area contributed by atoms with Crippen LogP contribution in [0.4, 0.5) is 0 Å². The summed E-state index contributed by atoms with van der Waals surface area (Å²) in [6.07, 6.45) is 1.79. The smallest absolute Gasteiger partial charge is 0.142 e. The SMILES string of the molecule is CC(C)NCc1csc(-c2ccccn2)n1. The normalized spacial score (nSPS) is 10.9. The van der Waals surface area contributed by atoms with E-state index in [4.69, 9.17) is 0 Å². The maximum Gasteiger partial charge on any atom is 0.142 e. The van der Waals surface area contributed by atoms with Gasteiger partial charge in [-0.1, -0.05) is 19.9 Å². The Morgan fingerprint density at radius 1 is 1.38 bits per heavy atom. The molecule has 0 aromatic carbocycles. The van der Waals surface area contributed by atoms with Crippen LogP contribution in [0.25, 0.3) is 10.7 Å². The average Bonchev–Trinajstić information content (AvgIpc) is 2.76. The van der Waals surface area contributed by atoms with Crippen molar-refractivity contribution in [2.24, 2.45) is 0 Å². The highest BCUT2D eigenvalue weighted by Gasteiger charge is 2.05. The molecule has 2 heterocycles. The van der Waals surface area contributed by atoms with E-state index >= 15 is 0 Å². The zero-order valence-corrected chi connectivity index (χ0v) is 10.3. The number of nitrogens with zero attached hydrogens (tertiary/aromatic N) is 2. The van der Waals surface area contributed by atoms with E-state index < -0.39 is 0 Å². The molecule has 16 heavy (non-hydrogen) atoms. The first-order chi connectivity index (χ1) is 7.75. The van der Waals surface area contributed by atoms with Crippen molar-refractivity contribution < 1.29 is 0 Å². The Labute approximate surface area is 99.6 Å². The van der Waals surface area contributed by atoms with Gasteiger partial charge in [0.1, 0.15) is 5.01 Å². The largest absolute Gasteiger partial charge is 0.309 e. The molecule has 0 saturated heterocycles. The van der Waals surface area contributed by atoms with Crippen molar-refractivity contribution in [2.75, 3.05) is 0 Å². The standard InChI is InChI=1S/C12H15N3S/c1-9(2)14-7-10-8-16-12(15-10)11-5-3-4-6-13-11/h3-6,8-9,14H,7H2,1-2H3. The fourth-order valence-corrected chi connectivity index (χ4v) is 2.10. The van der Waals surface area contributed by atoms with Crippen molar-refractivity contribution in [1.82, 2.24) is 15.3 Å². The van der Waals surface area contributed by atoms with Gasteiger partial charge < -0.3 is 5.32 Å². The predicted octanol–water partition coefficient (Wildman–Crippen LogP) is 2.70. The molecule has 0 aliphatic rings. The van der Waals surface area contributed by atoms with E-state index in [0.29, 0.717) is 6.04 Å². The lowest BCUT2D eigenvalue weighted by Gasteiger charge is -2.04. The van der Waals surface area contributed by atoms with Gasteiger partial charge in [-0.05, 0) is 12.1 Å². The van der Waals surface area contributed by atoms with Gasteiger partial charge in [0.05, 0.1) is 11.4 Å². The third-order valence-electron chi connectivity index (χ3n) is 2.13. The molecule has 0 fully saturated rings. The lowest BCUT2D eigenvalue weighted by molar-refractivity contribution is 0.583. The van der Waals surface area contributed by atoms with Gasteiger partial charge in [-0.2, -0.15) is 0 Å². The molecule has 84 valence electrons. The van der Waals surface area contributed by atoms with E-state index in [1.165, 1.54) is 0 Å². The quantitative estimate of drug-likeness (QED) is 0.882. The Bertz CT molecular complexity index is 437. The van der Waals surface area contributed by atoms with Crippen LogP contribution >= 0.6 is 11.3 Å². The molecule has 0 unspecified atom stereocenters. The van der Waals surface area contributed by atoms with E-state index in [0.717, 1.165) is 22.9 Å². The fourth-order valence-electron chi connectivity index (χ4n) is 1.30. The topological polar surface area (TPSA) is 37.8 Å². The van der Waals surface area contributed by atoms with E-state index in [2.05, 4.69) is 34.5 Å². The highest BCUT2D eigenvalue weighted by Crippen LogP contribution is 2.21. The van der Waals surface area contributed by atoms with Gasteiger partial charge in [-0.25, -0.2) is 4.98 Å². The average molecular weight is 233 g/mol. The van der Waals surface area contributed by atoms with E-state index in [-0.39, 0.29) is 0 Å². The van der Waals surface area contributed by atoms with Crippen LogP contribution in [0.15, 0.2) is 29.8 Å². The molecule has 1 N–H and O–H groups in total. The van der Waals surface area contributed by atoms with Gasteiger partial charge in [0.2, 0.25) is 0 Å². The Morgan fingerprint density at radius 2 is 2.25 bits per heavy atom. The van der Waals surface area contributed by atoms with Crippen molar-refractivity contribution in [3.8, 4) is 10.7 Å². The summed E-state index contributed by atoms with van der Waals surface area (Å²) in [5, 5.41) is 6.42. The van der Waals surface area contributed by atoms with Crippen LogP contribution in [-0.4, -0.2) is 16.0 Å². The second-order valence-corrected chi connectivity index (χ2v) is 4.75. The van der Waals surface area contributed by atoms with Crippen molar-refractivity contribution in [2.45, 2.75) is 26.4 Å². The molecule has 0 radical (unpaired) electrons. The van der Waals surface area contributed by atoms with E-state index in [1.807, 2.05) is 18.2 Å². The molecule has 3 nitrogen and oxygen atoms in total. The van der Waals surface area contributed by atoms with Crippen molar-refractivity contribution in [3.63, 3.8) is 0 Å². The summed E-state index contributed by atoms with van der Waals surface area (Å²) < 4.78 is 0. The maximum atomic E-state index is 4.55. The first-order valence-corrected chi connectivity index (χ1v) is 6.23. The molecule has 2 aromatic heterocycles. The van der Waals surface area contributed by atoms with Crippen LogP contribution in [0.5, 0.6) is 0 Å². The van der Waals surface area contributed by atoms with Crippen LogP contribution in [0.3, 0.4) is 0 Å². The van der Waals surface area contributed by atoms with Crippen molar-refractivity contribution in [1.29, 1.82) is 0 Å². The Balaban J connectivity index is 2.08. The van der Waals surface area contributed by atoms with Crippen molar-refractivity contribution in [3.05, 3.63) is 35.5 Å². The lowest BCUT2D eigenvalue weighted by atomic mass is 10.3. The van der Waals surface area contributed by atoms with Crippen LogP contribution in [0.1, 0.15) is 19.5 Å². The lowest BCUT2D eigenvalue weighted by Crippen LogP contribution is -2.21. The molecular formula is C12H15N3S. The van der Waals surface area contributed by atoms with Gasteiger partial charge in [0.15, 0.2) is 0 Å². The molecule has 4 heteroatoms. The summed E-state index contributed by atoms with van der Waals surface area (Å²) in [5.74, 6) is 0. The van der Waals surface area contributed by atoms with E-state index in [9.17, 15) is 0 Å². The molecule has 0 saturated carbocycles. The third kappa shape index (κ3) is 2.87. The van der Waals surface area contributed by atoms with Gasteiger partial charge in [-0.3, -0.25) is 4.98 Å². The van der Waals surface area contributed by atoms with Gasteiger partial charge in [-0.15, -0.1) is 11.3 Å². The monoisotopic (exact) mass is 233 g/mol. The number of hydrogen-bond acceptors (Lipinski definition) is 4. The second-order valence-electron chi connectivity index (χ2n) is 3.89. The Morgan fingerprint density at radius 3 is 2.94 bits per heavy atom. The van der Waals surface area contributed by atoms with Crippen LogP contribution in [0, 0.1) is 0 Å². The molecular weight excluding hydrogens is 218 g/mol. The molecule has 2 aromatic rings. The highest BCUT2D eigenvalue weighted by atomic mass is 32.1. The zero-order valence-electron chi connectivity index (χ0n) is 9.47. The molecule has 0 aliphatic carbocycles. The minimum Gasteiger partial charge on any atom is -0.309 e. The van der Waals surface area contributed by atoms with Crippen LogP contribution in [-0.2, 0) is 6.54 Å². The summed E-state index contributed by atoms with van der Waals surface area (Å²) in [7, 11) is 0. The molecule has 0 aliphatic heterocycles. The predicted molar refractivity (Wildman–Crippen MR) is 67.3 cm³/mol. The van der Waals surface area contributed by atoms with E-state index in [1.54, 1.807) is 17.5 Å². The number of aromatic nitrogens is 2. The Kier molecular flexibility index (Phi) is 3.64. The molecule has 0 bridgehead atoms. The number of pyridine rings is 1. The van der Waals surface area contributed by atoms with Crippen LogP contribution < -0.4 is 5.32 Å². The summed E-state index contributed by atoms with van der Waals surface area (Å²) in [6.45, 7) is 5.08. The number of thiazole rings is 1. The first kappa shape index (κ1) is 11.2. The van der Waals surface area contributed by atoms with Gasteiger partial charge >= 0.3 is 0 Å². The number of rotatable bonds is 4. The molecule has 0 spiro atoms. The summed E-state index contributed by atoms with van der Waals surface area (Å²) in [6, 6.07) is 6.37. The highest BCUT2D eigenvalue weighted by molar-refractivity contribution is 7.13. The minimum absolute atomic E-state index is 0.486. The summed E-state index contributed by atoms with van der Waals surface area (Å²) in [5.41, 5.74) is 2.03. The van der Waals surface area contributed by atoms with Gasteiger partial charge in [0.25, 0.3) is 0 Å². The molecule has 2 rings (SSSR count). The molecule has 0 amide bonds. The van der Waals surface area contributed by atoms with Crippen molar-refractivity contribution >= 4 is 11.3 Å². The number of hydrogen-bond donors (Lipinski definition) is 1. The first-order valence-electron chi connectivity index (χ1n) is 5.35. The zero-order chi connectivity index (χ0) is 11.4. The minimum atomic E-state index is 0.486. The summed E-state index contributed by atoms with van der Waals surface area (Å²) in [4.78, 5) is 8.83. The van der Waals surface area contributed by atoms with Gasteiger partial charge in [0, 0.05) is 24.2 Å². The van der Waals surface area contributed by atoms with Crippen LogP contribution in [0.2, 0.25) is 0 Å².